The topological polar surface area (TPSA) is 182 Å². The van der Waals surface area contributed by atoms with E-state index in [0.717, 1.165) is 57.1 Å². The van der Waals surface area contributed by atoms with Gasteiger partial charge in [0.1, 0.15) is 0 Å². The first-order chi connectivity index (χ1) is 22.6. The summed E-state index contributed by atoms with van der Waals surface area (Å²) in [6.07, 6.45) is 4.94. The van der Waals surface area contributed by atoms with E-state index in [-0.39, 0.29) is 34.5 Å². The summed E-state index contributed by atoms with van der Waals surface area (Å²) in [5.41, 5.74) is -0.786. The van der Waals surface area contributed by atoms with E-state index in [4.69, 9.17) is 28.4 Å². The van der Waals surface area contributed by atoms with Crippen molar-refractivity contribution in [2.24, 2.45) is 11.8 Å². The number of nitro groups is 2. The molecule has 16 nitrogen and oxygen atoms in total. The molecular formula is C31H40N4O12. The van der Waals surface area contributed by atoms with Gasteiger partial charge in [-0.25, -0.2) is 9.59 Å². The summed E-state index contributed by atoms with van der Waals surface area (Å²) in [4.78, 5) is 50.6. The van der Waals surface area contributed by atoms with Crippen LogP contribution < -0.4 is 28.4 Å². The number of likely N-dealkylation sites (tertiary alicyclic amines) is 2. The maximum Gasteiger partial charge on any atom is 0.415 e. The Morgan fingerprint density at radius 2 is 0.936 bits per heavy atom. The number of nitro benzene ring substituents is 2. The van der Waals surface area contributed by atoms with Gasteiger partial charge in [-0.05, 0) is 37.5 Å². The Morgan fingerprint density at radius 1 is 0.617 bits per heavy atom. The molecule has 256 valence electrons. The fourth-order valence-electron chi connectivity index (χ4n) is 5.97. The molecule has 0 spiro atoms. The molecule has 2 amide bonds. The molecule has 2 aromatic carbocycles. The summed E-state index contributed by atoms with van der Waals surface area (Å²) in [5, 5.41) is 23.1. The normalized spacial score (nSPS) is 15.5. The van der Waals surface area contributed by atoms with Crippen LogP contribution in [0, 0.1) is 32.1 Å². The number of rotatable bonds is 12. The highest BCUT2D eigenvalue weighted by atomic mass is 16.6. The van der Waals surface area contributed by atoms with Crippen LogP contribution in [0.15, 0.2) is 24.3 Å². The molecule has 16 heteroatoms. The van der Waals surface area contributed by atoms with Gasteiger partial charge >= 0.3 is 23.6 Å². The highest BCUT2D eigenvalue weighted by Crippen LogP contribution is 2.41. The van der Waals surface area contributed by atoms with Gasteiger partial charge in [0.15, 0.2) is 23.0 Å². The van der Waals surface area contributed by atoms with Crippen LogP contribution in [0.5, 0.6) is 34.5 Å². The fraction of sp³-hybridized carbons (Fsp3) is 0.548. The van der Waals surface area contributed by atoms with Crippen LogP contribution in [0.3, 0.4) is 0 Å². The van der Waals surface area contributed by atoms with E-state index in [2.05, 4.69) is 0 Å². The van der Waals surface area contributed by atoms with Crippen molar-refractivity contribution in [2.45, 2.75) is 44.9 Å². The zero-order chi connectivity index (χ0) is 34.1. The molecule has 0 saturated carbocycles. The average Bonchev–Trinajstić information content (AvgIpc) is 3.08. The maximum atomic E-state index is 12.8. The minimum atomic E-state index is -0.648. The summed E-state index contributed by atoms with van der Waals surface area (Å²) in [7, 11) is 5.50. The van der Waals surface area contributed by atoms with Crippen LogP contribution in [0.2, 0.25) is 0 Å². The first kappa shape index (κ1) is 34.8. The molecule has 2 heterocycles. The monoisotopic (exact) mass is 660 g/mol. The van der Waals surface area contributed by atoms with Gasteiger partial charge in [-0.1, -0.05) is 19.3 Å². The van der Waals surface area contributed by atoms with E-state index in [0.29, 0.717) is 38.0 Å². The quantitative estimate of drug-likeness (QED) is 0.196. The Kier molecular flexibility index (Phi) is 11.9. The van der Waals surface area contributed by atoms with Gasteiger partial charge < -0.3 is 38.2 Å². The van der Waals surface area contributed by atoms with Crippen molar-refractivity contribution in [3.05, 3.63) is 44.5 Å². The molecule has 2 aliphatic heterocycles. The number of amides is 2. The molecule has 0 bridgehead atoms. The van der Waals surface area contributed by atoms with Crippen molar-refractivity contribution < 1.29 is 47.9 Å². The Balaban J connectivity index is 1.19. The smallest absolute Gasteiger partial charge is 0.415 e. The van der Waals surface area contributed by atoms with Crippen molar-refractivity contribution in [3.8, 4) is 34.5 Å². The minimum absolute atomic E-state index is 0.160. The van der Waals surface area contributed by atoms with Gasteiger partial charge in [0, 0.05) is 38.3 Å². The van der Waals surface area contributed by atoms with Crippen LogP contribution in [0.1, 0.15) is 44.9 Å². The zero-order valence-electron chi connectivity index (χ0n) is 26.9. The molecular weight excluding hydrogens is 620 g/mol. The van der Waals surface area contributed by atoms with E-state index >= 15 is 0 Å². The fourth-order valence-corrected chi connectivity index (χ4v) is 5.97. The summed E-state index contributed by atoms with van der Waals surface area (Å²) in [6, 6.07) is 4.88. The lowest BCUT2D eigenvalue weighted by Crippen LogP contribution is -2.40. The van der Waals surface area contributed by atoms with E-state index in [1.165, 1.54) is 40.6 Å². The Hall–Kier alpha value is -5.02. The second-order valence-corrected chi connectivity index (χ2v) is 11.4. The summed E-state index contributed by atoms with van der Waals surface area (Å²) in [5.74, 6) is 1.23. The lowest BCUT2D eigenvalue weighted by molar-refractivity contribution is -0.385. The van der Waals surface area contributed by atoms with Crippen molar-refractivity contribution in [2.75, 3.05) is 54.6 Å². The summed E-state index contributed by atoms with van der Waals surface area (Å²) < 4.78 is 31.4. The van der Waals surface area contributed by atoms with Crippen molar-refractivity contribution in [1.82, 2.24) is 9.80 Å². The van der Waals surface area contributed by atoms with Gasteiger partial charge in [-0.15, -0.1) is 0 Å². The molecule has 2 aliphatic rings. The average molecular weight is 661 g/mol. The summed E-state index contributed by atoms with van der Waals surface area (Å²) in [6.45, 7) is 1.96. The number of carbonyl (C=O) groups is 2. The molecule has 0 unspecified atom stereocenters. The molecule has 0 N–H and O–H groups in total. The minimum Gasteiger partial charge on any atom is -0.493 e. The molecule has 2 aromatic rings. The zero-order valence-corrected chi connectivity index (χ0v) is 26.9. The van der Waals surface area contributed by atoms with Crippen molar-refractivity contribution in [1.29, 1.82) is 0 Å². The van der Waals surface area contributed by atoms with Gasteiger partial charge in [-0.3, -0.25) is 20.2 Å². The molecule has 0 aliphatic carbocycles. The molecule has 0 aromatic heterocycles. The number of ether oxygens (including phenoxy) is 6. The van der Waals surface area contributed by atoms with E-state index in [1.807, 2.05) is 0 Å². The highest BCUT2D eigenvalue weighted by Gasteiger charge is 2.30. The highest BCUT2D eigenvalue weighted by molar-refractivity contribution is 5.74. The largest absolute Gasteiger partial charge is 0.493 e. The first-order valence-corrected chi connectivity index (χ1v) is 15.3. The van der Waals surface area contributed by atoms with Gasteiger partial charge in [0.05, 0.1) is 50.4 Å². The number of piperidine rings is 2. The number of benzene rings is 2. The lowest BCUT2D eigenvalue weighted by atomic mass is 9.87. The second kappa shape index (κ2) is 16.0. The Labute approximate surface area is 271 Å². The van der Waals surface area contributed by atoms with Crippen LogP contribution in [0.25, 0.3) is 0 Å². The van der Waals surface area contributed by atoms with Gasteiger partial charge in [0.25, 0.3) is 0 Å². The van der Waals surface area contributed by atoms with Crippen LogP contribution in [0.4, 0.5) is 21.0 Å². The molecule has 4 rings (SSSR count). The molecule has 0 atom stereocenters. The third-order valence-corrected chi connectivity index (χ3v) is 8.69. The van der Waals surface area contributed by atoms with Gasteiger partial charge in [0.2, 0.25) is 11.5 Å². The van der Waals surface area contributed by atoms with Crippen LogP contribution >= 0.6 is 0 Å². The summed E-state index contributed by atoms with van der Waals surface area (Å²) >= 11 is 0. The molecule has 47 heavy (non-hydrogen) atoms. The number of carbonyl (C=O) groups excluding carboxylic acids is 2. The second-order valence-electron chi connectivity index (χ2n) is 11.4. The van der Waals surface area contributed by atoms with E-state index in [9.17, 15) is 29.8 Å². The van der Waals surface area contributed by atoms with Crippen LogP contribution in [-0.4, -0.2) is 86.5 Å². The van der Waals surface area contributed by atoms with Crippen molar-refractivity contribution >= 4 is 23.6 Å². The molecule has 2 fully saturated rings. The lowest BCUT2D eigenvalue weighted by Gasteiger charge is -2.33. The van der Waals surface area contributed by atoms with E-state index < -0.39 is 33.4 Å². The number of methoxy groups -OCH3 is 4. The van der Waals surface area contributed by atoms with Crippen LogP contribution in [-0.2, 0) is 0 Å². The predicted octanol–water partition coefficient (Wildman–Crippen LogP) is 5.83. The van der Waals surface area contributed by atoms with E-state index in [1.54, 1.807) is 9.80 Å². The van der Waals surface area contributed by atoms with Crippen molar-refractivity contribution in [3.63, 3.8) is 0 Å². The van der Waals surface area contributed by atoms with Gasteiger partial charge in [-0.2, -0.15) is 0 Å². The third-order valence-electron chi connectivity index (χ3n) is 8.69. The SMILES string of the molecule is COc1cc(OC(=O)N2CCC(CCCC3CCN(C(=O)Oc4cc(OC)c(OC)cc4[N+](=O)[O-])CC3)CC2)c([N+](=O)[O-])cc1OC. The number of hydrogen-bond acceptors (Lipinski definition) is 12. The Morgan fingerprint density at radius 3 is 1.23 bits per heavy atom. The standard InChI is InChI=1S/C31H40N4O12/c1-42-26-16-22(34(38)39)24(18-28(26)44-3)46-30(36)32-12-8-20(9-13-32)6-5-7-21-10-14-33(15-11-21)31(37)47-25-19-29(45-4)27(43-2)17-23(25)35(40)41/h16-21H,5-15H2,1-4H3. The molecule has 2 saturated heterocycles. The first-order valence-electron chi connectivity index (χ1n) is 15.3. The number of hydrogen-bond donors (Lipinski definition) is 0. The molecule has 0 radical (unpaired) electrons. The number of nitrogens with zero attached hydrogens (tertiary/aromatic N) is 4. The third kappa shape index (κ3) is 8.62. The maximum absolute atomic E-state index is 12.8. The Bertz CT molecular complexity index is 1340. The predicted molar refractivity (Wildman–Crippen MR) is 167 cm³/mol.